The molecule has 22 heavy (non-hydrogen) atoms. The van der Waals surface area contributed by atoms with Crippen LogP contribution in [-0.4, -0.2) is 31.1 Å². The van der Waals surface area contributed by atoms with Crippen molar-refractivity contribution in [3.63, 3.8) is 0 Å². The van der Waals surface area contributed by atoms with Gasteiger partial charge in [0.2, 0.25) is 0 Å². The highest BCUT2D eigenvalue weighted by Gasteiger charge is 2.15. The minimum absolute atomic E-state index is 0.0816. The van der Waals surface area contributed by atoms with Crippen molar-refractivity contribution in [2.45, 2.75) is 52.4 Å². The molecule has 0 amide bonds. The molecule has 0 bridgehead atoms. The fourth-order valence-electron chi connectivity index (χ4n) is 2.54. The van der Waals surface area contributed by atoms with Gasteiger partial charge in [-0.15, -0.1) is 0 Å². The molecule has 0 aromatic carbocycles. The van der Waals surface area contributed by atoms with Gasteiger partial charge in [0.05, 0.1) is 6.61 Å². The number of allylic oxidation sites excluding steroid dienone is 3. The van der Waals surface area contributed by atoms with Gasteiger partial charge >= 0.3 is 5.97 Å². The van der Waals surface area contributed by atoms with E-state index in [0.717, 1.165) is 50.8 Å². The molecule has 1 heterocycles. The average molecular weight is 304 g/mol. The minimum Gasteiger partial charge on any atom is -0.461 e. The molecule has 0 N–H and O–H groups in total. The highest BCUT2D eigenvalue weighted by molar-refractivity contribution is 5.93. The van der Waals surface area contributed by atoms with Crippen LogP contribution >= 0.6 is 0 Å². The summed E-state index contributed by atoms with van der Waals surface area (Å²) in [5, 5.41) is 9.14. The third kappa shape index (κ3) is 5.93. The van der Waals surface area contributed by atoms with Crippen molar-refractivity contribution in [1.29, 1.82) is 5.26 Å². The average Bonchev–Trinajstić information content (AvgIpc) is 2.93. The summed E-state index contributed by atoms with van der Waals surface area (Å²) in [7, 11) is 2.02. The summed E-state index contributed by atoms with van der Waals surface area (Å²) in [6.07, 6.45) is 9.93. The molecular weight excluding hydrogens is 276 g/mol. The lowest BCUT2D eigenvalue weighted by molar-refractivity contribution is -0.140. The van der Waals surface area contributed by atoms with Crippen molar-refractivity contribution in [1.82, 2.24) is 4.90 Å². The molecule has 0 aliphatic carbocycles. The van der Waals surface area contributed by atoms with Gasteiger partial charge in [-0.25, -0.2) is 4.79 Å². The number of esters is 1. The Hall–Kier alpha value is -1.76. The Morgan fingerprint density at radius 3 is 2.82 bits per heavy atom. The van der Waals surface area contributed by atoms with Crippen LogP contribution in [-0.2, 0) is 9.53 Å². The largest absolute Gasteiger partial charge is 0.461 e. The zero-order chi connectivity index (χ0) is 16.4. The van der Waals surface area contributed by atoms with Crippen LogP contribution in [0.3, 0.4) is 0 Å². The molecule has 0 aromatic rings. The summed E-state index contributed by atoms with van der Waals surface area (Å²) in [5.74, 6) is -0.113. The van der Waals surface area contributed by atoms with Crippen molar-refractivity contribution >= 4 is 5.97 Å². The topological polar surface area (TPSA) is 53.3 Å². The van der Waals surface area contributed by atoms with Gasteiger partial charge < -0.3 is 9.64 Å². The second-order valence-corrected chi connectivity index (χ2v) is 5.89. The molecule has 1 aliphatic heterocycles. The van der Waals surface area contributed by atoms with E-state index in [1.807, 2.05) is 19.2 Å². The molecular formula is C18H28N2O2. The monoisotopic (exact) mass is 304 g/mol. The van der Waals surface area contributed by atoms with Crippen LogP contribution < -0.4 is 0 Å². The summed E-state index contributed by atoms with van der Waals surface area (Å²) in [5.41, 5.74) is 1.24. The van der Waals surface area contributed by atoms with Crippen LogP contribution in [0, 0.1) is 17.2 Å². The van der Waals surface area contributed by atoms with E-state index in [-0.39, 0.29) is 5.57 Å². The molecule has 1 rings (SSSR count). The molecule has 0 spiro atoms. The summed E-state index contributed by atoms with van der Waals surface area (Å²) >= 11 is 0. The number of nitrogens with zero attached hydrogens (tertiary/aromatic N) is 2. The standard InChI is InChI=1S/C18H28N2O2/c1-4-6-8-15(5-2)14-22-18(21)16(13-19)10-11-17-9-7-12-20(17)3/h10-11,15H,4-9,12,14H2,1-3H3/b16-10-,17-11+. The van der Waals surface area contributed by atoms with Gasteiger partial charge in [0, 0.05) is 19.3 Å². The molecule has 122 valence electrons. The maximum absolute atomic E-state index is 12.0. The van der Waals surface area contributed by atoms with E-state index in [1.54, 1.807) is 6.08 Å². The van der Waals surface area contributed by atoms with Gasteiger partial charge in [-0.3, -0.25) is 0 Å². The van der Waals surface area contributed by atoms with Crippen molar-refractivity contribution in [2.24, 2.45) is 5.92 Å². The number of likely N-dealkylation sites (tertiary alicyclic amines) is 1. The fourth-order valence-corrected chi connectivity index (χ4v) is 2.54. The Morgan fingerprint density at radius 1 is 1.50 bits per heavy atom. The molecule has 1 unspecified atom stereocenters. The summed E-state index contributed by atoms with van der Waals surface area (Å²) in [6.45, 7) is 5.70. The predicted molar refractivity (Wildman–Crippen MR) is 87.9 cm³/mol. The van der Waals surface area contributed by atoms with Crippen molar-refractivity contribution in [2.75, 3.05) is 20.2 Å². The first kappa shape index (κ1) is 18.3. The Morgan fingerprint density at radius 2 is 2.27 bits per heavy atom. The Labute approximate surface area is 134 Å². The molecule has 1 aliphatic rings. The van der Waals surface area contributed by atoms with Crippen LogP contribution in [0.15, 0.2) is 23.4 Å². The summed E-state index contributed by atoms with van der Waals surface area (Å²) < 4.78 is 5.31. The molecule has 4 nitrogen and oxygen atoms in total. The maximum atomic E-state index is 12.0. The van der Waals surface area contributed by atoms with Gasteiger partial charge in [0.1, 0.15) is 11.6 Å². The summed E-state index contributed by atoms with van der Waals surface area (Å²) in [6, 6.07) is 1.95. The number of nitriles is 1. The lowest BCUT2D eigenvalue weighted by atomic mass is 10.0. The number of rotatable bonds is 8. The Kier molecular flexibility index (Phi) is 8.35. The van der Waals surface area contributed by atoms with Gasteiger partial charge in [0.15, 0.2) is 0 Å². The second-order valence-electron chi connectivity index (χ2n) is 5.89. The third-order valence-corrected chi connectivity index (χ3v) is 4.19. The Balaban J connectivity index is 2.55. The number of hydrogen-bond donors (Lipinski definition) is 0. The molecule has 0 saturated carbocycles. The number of carbonyl (C=O) groups is 1. The van der Waals surface area contributed by atoms with E-state index in [0.29, 0.717) is 12.5 Å². The Bertz CT molecular complexity index is 460. The zero-order valence-electron chi connectivity index (χ0n) is 14.1. The molecule has 0 radical (unpaired) electrons. The van der Waals surface area contributed by atoms with Gasteiger partial charge in [-0.1, -0.05) is 33.1 Å². The molecule has 0 aromatic heterocycles. The van der Waals surface area contributed by atoms with E-state index in [9.17, 15) is 4.79 Å². The third-order valence-electron chi connectivity index (χ3n) is 4.19. The van der Waals surface area contributed by atoms with Crippen LogP contribution in [0.5, 0.6) is 0 Å². The normalized spacial score (nSPS) is 18.4. The van der Waals surface area contributed by atoms with E-state index < -0.39 is 5.97 Å². The van der Waals surface area contributed by atoms with Crippen molar-refractivity contribution < 1.29 is 9.53 Å². The van der Waals surface area contributed by atoms with Crippen LogP contribution in [0.4, 0.5) is 0 Å². The number of unbranched alkanes of at least 4 members (excludes halogenated alkanes) is 1. The van der Waals surface area contributed by atoms with Crippen molar-refractivity contribution in [3.8, 4) is 6.07 Å². The first-order chi connectivity index (χ1) is 10.6. The highest BCUT2D eigenvalue weighted by atomic mass is 16.5. The van der Waals surface area contributed by atoms with E-state index >= 15 is 0 Å². The van der Waals surface area contributed by atoms with Crippen molar-refractivity contribution in [3.05, 3.63) is 23.4 Å². The fraction of sp³-hybridized carbons (Fsp3) is 0.667. The van der Waals surface area contributed by atoms with Gasteiger partial charge in [-0.2, -0.15) is 5.26 Å². The van der Waals surface area contributed by atoms with E-state index in [2.05, 4.69) is 18.7 Å². The van der Waals surface area contributed by atoms with E-state index in [4.69, 9.17) is 10.00 Å². The molecule has 1 atom stereocenters. The smallest absolute Gasteiger partial charge is 0.348 e. The van der Waals surface area contributed by atoms with E-state index in [1.165, 1.54) is 0 Å². The lowest BCUT2D eigenvalue weighted by Crippen LogP contribution is -2.15. The second kappa shape index (κ2) is 10.0. The quantitative estimate of drug-likeness (QED) is 0.389. The minimum atomic E-state index is -0.505. The van der Waals surface area contributed by atoms with Crippen LogP contribution in [0.25, 0.3) is 0 Å². The maximum Gasteiger partial charge on any atom is 0.348 e. The molecule has 1 fully saturated rings. The summed E-state index contributed by atoms with van der Waals surface area (Å²) in [4.78, 5) is 14.1. The molecule has 1 saturated heterocycles. The predicted octanol–water partition coefficient (Wildman–Crippen LogP) is 3.81. The van der Waals surface area contributed by atoms with Gasteiger partial charge in [0.25, 0.3) is 0 Å². The highest BCUT2D eigenvalue weighted by Crippen LogP contribution is 2.19. The SMILES string of the molecule is CCCCC(CC)COC(=O)/C(C#N)=C\C=C1/CCCN1C. The first-order valence-electron chi connectivity index (χ1n) is 8.31. The number of ether oxygens (including phenoxy) is 1. The van der Waals surface area contributed by atoms with Gasteiger partial charge in [-0.05, 0) is 37.3 Å². The number of hydrogen-bond acceptors (Lipinski definition) is 4. The van der Waals surface area contributed by atoms with Crippen LogP contribution in [0.1, 0.15) is 52.4 Å². The van der Waals surface area contributed by atoms with Crippen LogP contribution in [0.2, 0.25) is 0 Å². The zero-order valence-corrected chi connectivity index (χ0v) is 14.1. The lowest BCUT2D eigenvalue weighted by Gasteiger charge is -2.14. The molecule has 4 heteroatoms. The number of carbonyl (C=O) groups excluding carboxylic acids is 1. The first-order valence-corrected chi connectivity index (χ1v) is 8.31.